The summed E-state index contributed by atoms with van der Waals surface area (Å²) in [6.07, 6.45) is 0.123. The van der Waals surface area contributed by atoms with Crippen molar-refractivity contribution in [3.05, 3.63) is 65.7 Å². The average molecular weight is 324 g/mol. The quantitative estimate of drug-likeness (QED) is 0.802. The highest BCUT2D eigenvalue weighted by Crippen LogP contribution is 2.18. The molecule has 5 heteroatoms. The fraction of sp³-hybridized carbons (Fsp3) is 0.211. The van der Waals surface area contributed by atoms with Gasteiger partial charge in [-0.3, -0.25) is 14.4 Å². The first-order chi connectivity index (χ1) is 11.5. The highest BCUT2D eigenvalue weighted by Gasteiger charge is 2.17. The third kappa shape index (κ3) is 5.05. The molecule has 0 radical (unpaired) electrons. The Bertz CT molecular complexity index is 724. The molecule has 0 saturated carbocycles. The zero-order chi connectivity index (χ0) is 17.5. The van der Waals surface area contributed by atoms with Gasteiger partial charge in [0, 0.05) is 18.2 Å². The standard InChI is InChI=1S/C19H20N2O3/c1-13(22)15-8-10-17(11-9-15)21-19(24)12-18(20-14(2)23)16-6-4-3-5-7-16/h3-11,18H,12H2,1-2H3,(H,20,23)(H,21,24). The van der Waals surface area contributed by atoms with Crippen LogP contribution in [-0.4, -0.2) is 17.6 Å². The number of rotatable bonds is 6. The lowest BCUT2D eigenvalue weighted by atomic mass is 10.0. The molecule has 24 heavy (non-hydrogen) atoms. The van der Waals surface area contributed by atoms with Crippen LogP contribution in [0.25, 0.3) is 0 Å². The van der Waals surface area contributed by atoms with Crippen molar-refractivity contribution >= 4 is 23.3 Å². The molecule has 0 heterocycles. The smallest absolute Gasteiger partial charge is 0.226 e. The Balaban J connectivity index is 2.04. The Morgan fingerprint density at radius 3 is 2.08 bits per heavy atom. The monoisotopic (exact) mass is 324 g/mol. The van der Waals surface area contributed by atoms with Crippen molar-refractivity contribution in [1.82, 2.24) is 5.32 Å². The molecule has 0 aliphatic heterocycles. The Kier molecular flexibility index (Phi) is 5.84. The van der Waals surface area contributed by atoms with E-state index in [1.807, 2.05) is 30.3 Å². The summed E-state index contributed by atoms with van der Waals surface area (Å²) >= 11 is 0. The third-order valence-electron chi connectivity index (χ3n) is 3.54. The van der Waals surface area contributed by atoms with Crippen molar-refractivity contribution in [2.75, 3.05) is 5.32 Å². The van der Waals surface area contributed by atoms with Crippen LogP contribution in [-0.2, 0) is 9.59 Å². The molecule has 2 rings (SSSR count). The van der Waals surface area contributed by atoms with E-state index in [-0.39, 0.29) is 30.1 Å². The SMILES string of the molecule is CC(=O)NC(CC(=O)Nc1ccc(C(C)=O)cc1)c1ccccc1. The summed E-state index contributed by atoms with van der Waals surface area (Å²) in [5, 5.41) is 5.57. The first kappa shape index (κ1) is 17.4. The molecule has 1 atom stereocenters. The van der Waals surface area contributed by atoms with Crippen LogP contribution in [0.3, 0.4) is 0 Å². The zero-order valence-electron chi connectivity index (χ0n) is 13.7. The van der Waals surface area contributed by atoms with Crippen LogP contribution in [0, 0.1) is 0 Å². The minimum atomic E-state index is -0.389. The van der Waals surface area contributed by atoms with Crippen molar-refractivity contribution < 1.29 is 14.4 Å². The van der Waals surface area contributed by atoms with E-state index in [1.165, 1.54) is 13.8 Å². The number of amides is 2. The maximum Gasteiger partial charge on any atom is 0.226 e. The lowest BCUT2D eigenvalue weighted by Crippen LogP contribution is -2.29. The lowest BCUT2D eigenvalue weighted by molar-refractivity contribution is -0.120. The Morgan fingerprint density at radius 1 is 0.917 bits per heavy atom. The minimum Gasteiger partial charge on any atom is -0.349 e. The predicted octanol–water partition coefficient (Wildman–Crippen LogP) is 3.10. The largest absolute Gasteiger partial charge is 0.349 e. The molecule has 0 bridgehead atoms. The van der Waals surface area contributed by atoms with Gasteiger partial charge in [0.25, 0.3) is 0 Å². The van der Waals surface area contributed by atoms with Crippen LogP contribution >= 0.6 is 0 Å². The molecule has 2 N–H and O–H groups in total. The van der Waals surface area contributed by atoms with Gasteiger partial charge in [0.2, 0.25) is 11.8 Å². The number of Topliss-reactive ketones (excluding diaryl/α,β-unsaturated/α-hetero) is 1. The second-order valence-corrected chi connectivity index (χ2v) is 5.55. The summed E-state index contributed by atoms with van der Waals surface area (Å²) in [5.74, 6) is -0.432. The fourth-order valence-corrected chi connectivity index (χ4v) is 2.37. The Labute approximate surface area is 141 Å². The van der Waals surface area contributed by atoms with Gasteiger partial charge >= 0.3 is 0 Å². The van der Waals surface area contributed by atoms with Crippen molar-refractivity contribution in [2.45, 2.75) is 26.3 Å². The molecule has 2 amide bonds. The maximum absolute atomic E-state index is 12.3. The number of carbonyl (C=O) groups excluding carboxylic acids is 3. The summed E-state index contributed by atoms with van der Waals surface area (Å²) in [6.45, 7) is 2.92. The van der Waals surface area contributed by atoms with Crippen LogP contribution in [0.5, 0.6) is 0 Å². The number of nitrogens with one attached hydrogen (secondary N) is 2. The molecule has 5 nitrogen and oxygen atoms in total. The van der Waals surface area contributed by atoms with Crippen LogP contribution in [0.15, 0.2) is 54.6 Å². The van der Waals surface area contributed by atoms with Gasteiger partial charge in [0.1, 0.15) is 0 Å². The molecule has 0 fully saturated rings. The Morgan fingerprint density at radius 2 is 1.54 bits per heavy atom. The number of benzene rings is 2. The van der Waals surface area contributed by atoms with Gasteiger partial charge in [0.15, 0.2) is 5.78 Å². The van der Waals surface area contributed by atoms with E-state index >= 15 is 0 Å². The molecule has 0 spiro atoms. The van der Waals surface area contributed by atoms with Crippen molar-refractivity contribution in [3.63, 3.8) is 0 Å². The molecule has 0 aromatic heterocycles. The summed E-state index contributed by atoms with van der Waals surface area (Å²) in [5.41, 5.74) is 2.07. The first-order valence-electron chi connectivity index (χ1n) is 7.68. The van der Waals surface area contributed by atoms with Gasteiger partial charge in [-0.25, -0.2) is 0 Å². The molecule has 2 aromatic rings. The fourth-order valence-electron chi connectivity index (χ4n) is 2.37. The van der Waals surface area contributed by atoms with Crippen molar-refractivity contribution in [1.29, 1.82) is 0 Å². The molecule has 1 unspecified atom stereocenters. The normalized spacial score (nSPS) is 11.4. The summed E-state index contributed by atoms with van der Waals surface area (Å²) < 4.78 is 0. The summed E-state index contributed by atoms with van der Waals surface area (Å²) in [4.78, 5) is 34.9. The van der Waals surface area contributed by atoms with Gasteiger partial charge in [-0.05, 0) is 36.8 Å². The highest BCUT2D eigenvalue weighted by atomic mass is 16.2. The molecule has 124 valence electrons. The van der Waals surface area contributed by atoms with Gasteiger partial charge in [-0.15, -0.1) is 0 Å². The van der Waals surface area contributed by atoms with Crippen LogP contribution in [0.1, 0.15) is 42.2 Å². The molecular weight excluding hydrogens is 304 g/mol. The molecule has 0 aliphatic rings. The third-order valence-corrected chi connectivity index (χ3v) is 3.54. The predicted molar refractivity (Wildman–Crippen MR) is 92.7 cm³/mol. The second kappa shape index (κ2) is 8.06. The number of hydrogen-bond acceptors (Lipinski definition) is 3. The van der Waals surface area contributed by atoms with Gasteiger partial charge in [0.05, 0.1) is 12.5 Å². The second-order valence-electron chi connectivity index (χ2n) is 5.55. The molecule has 0 aliphatic carbocycles. The molecular formula is C19H20N2O3. The van der Waals surface area contributed by atoms with Gasteiger partial charge in [-0.1, -0.05) is 30.3 Å². The van der Waals surface area contributed by atoms with Crippen molar-refractivity contribution in [2.24, 2.45) is 0 Å². The summed E-state index contributed by atoms with van der Waals surface area (Å²) in [7, 11) is 0. The van der Waals surface area contributed by atoms with Crippen LogP contribution < -0.4 is 10.6 Å². The molecule has 0 saturated heterocycles. The van der Waals surface area contributed by atoms with Gasteiger partial charge in [-0.2, -0.15) is 0 Å². The van der Waals surface area contributed by atoms with E-state index in [0.717, 1.165) is 5.56 Å². The van der Waals surface area contributed by atoms with E-state index in [4.69, 9.17) is 0 Å². The number of hydrogen-bond donors (Lipinski definition) is 2. The van der Waals surface area contributed by atoms with Crippen LogP contribution in [0.2, 0.25) is 0 Å². The topological polar surface area (TPSA) is 75.3 Å². The van der Waals surface area contributed by atoms with E-state index in [1.54, 1.807) is 24.3 Å². The summed E-state index contributed by atoms with van der Waals surface area (Å²) in [6, 6.07) is 15.7. The Hall–Kier alpha value is -2.95. The minimum absolute atomic E-state index is 0.0253. The lowest BCUT2D eigenvalue weighted by Gasteiger charge is -2.18. The molecule has 2 aromatic carbocycles. The van der Waals surface area contributed by atoms with E-state index in [2.05, 4.69) is 10.6 Å². The van der Waals surface area contributed by atoms with E-state index in [9.17, 15) is 14.4 Å². The van der Waals surface area contributed by atoms with E-state index < -0.39 is 0 Å². The van der Waals surface area contributed by atoms with Crippen LogP contribution in [0.4, 0.5) is 5.69 Å². The maximum atomic E-state index is 12.3. The zero-order valence-corrected chi connectivity index (χ0v) is 13.7. The number of carbonyl (C=O) groups is 3. The first-order valence-corrected chi connectivity index (χ1v) is 7.68. The number of ketones is 1. The van der Waals surface area contributed by atoms with E-state index in [0.29, 0.717) is 11.3 Å². The highest BCUT2D eigenvalue weighted by molar-refractivity contribution is 5.95. The average Bonchev–Trinajstić information content (AvgIpc) is 2.55. The number of anilines is 1. The van der Waals surface area contributed by atoms with Gasteiger partial charge < -0.3 is 10.6 Å². The van der Waals surface area contributed by atoms with Crippen molar-refractivity contribution in [3.8, 4) is 0 Å².